The zero-order valence-electron chi connectivity index (χ0n) is 14.5. The Hall–Kier alpha value is -3.47. The van der Waals surface area contributed by atoms with Crippen molar-refractivity contribution in [2.45, 2.75) is 12.0 Å². The summed E-state index contributed by atoms with van der Waals surface area (Å²) in [7, 11) is 0. The van der Waals surface area contributed by atoms with Crippen LogP contribution in [0.25, 0.3) is 0 Å². The fourth-order valence-corrected chi connectivity index (χ4v) is 3.07. The molecule has 136 valence electrons. The second-order valence-electron chi connectivity index (χ2n) is 6.16. The molecular formula is C22H19FN2O2. The van der Waals surface area contributed by atoms with Crippen LogP contribution in [0.4, 0.5) is 4.39 Å². The highest BCUT2D eigenvalue weighted by Gasteiger charge is 2.31. The molecule has 3 aromatic carbocycles. The molecule has 1 atom stereocenters. The molecule has 3 aromatic rings. The molecule has 4 nitrogen and oxygen atoms in total. The average Bonchev–Trinajstić information content (AvgIpc) is 2.69. The highest BCUT2D eigenvalue weighted by atomic mass is 19.1. The Morgan fingerprint density at radius 2 is 1.37 bits per heavy atom. The summed E-state index contributed by atoms with van der Waals surface area (Å²) in [5, 5.41) is 2.68. The van der Waals surface area contributed by atoms with Gasteiger partial charge in [-0.15, -0.1) is 0 Å². The van der Waals surface area contributed by atoms with Crippen LogP contribution in [0.5, 0.6) is 0 Å². The average molecular weight is 362 g/mol. The van der Waals surface area contributed by atoms with Crippen LogP contribution in [0, 0.1) is 5.82 Å². The Kier molecular flexibility index (Phi) is 5.61. The molecule has 3 rings (SSSR count). The maximum Gasteiger partial charge on any atom is 0.252 e. The smallest absolute Gasteiger partial charge is 0.252 e. The van der Waals surface area contributed by atoms with E-state index in [1.165, 1.54) is 18.2 Å². The summed E-state index contributed by atoms with van der Waals surface area (Å²) >= 11 is 0. The first-order valence-corrected chi connectivity index (χ1v) is 8.52. The van der Waals surface area contributed by atoms with Crippen molar-refractivity contribution in [2.75, 3.05) is 0 Å². The molecule has 27 heavy (non-hydrogen) atoms. The van der Waals surface area contributed by atoms with Gasteiger partial charge in [0, 0.05) is 11.5 Å². The van der Waals surface area contributed by atoms with Gasteiger partial charge in [-0.3, -0.25) is 9.59 Å². The van der Waals surface area contributed by atoms with Crippen LogP contribution in [0.3, 0.4) is 0 Å². The van der Waals surface area contributed by atoms with E-state index in [4.69, 9.17) is 5.73 Å². The lowest BCUT2D eigenvalue weighted by Gasteiger charge is -2.27. The molecule has 0 bridgehead atoms. The number of carbonyl (C=O) groups is 2. The first-order chi connectivity index (χ1) is 13.1. The van der Waals surface area contributed by atoms with Crippen LogP contribution >= 0.6 is 0 Å². The summed E-state index contributed by atoms with van der Waals surface area (Å²) in [6.45, 7) is 0. The van der Waals surface area contributed by atoms with Crippen LogP contribution in [0.1, 0.15) is 27.4 Å². The number of rotatable bonds is 6. The Morgan fingerprint density at radius 3 is 1.85 bits per heavy atom. The monoisotopic (exact) mass is 362 g/mol. The third-order valence-electron chi connectivity index (χ3n) is 4.33. The third kappa shape index (κ3) is 4.39. The minimum absolute atomic E-state index is 0.126. The highest BCUT2D eigenvalue weighted by molar-refractivity contribution is 5.97. The number of hydrogen-bond donors (Lipinski definition) is 2. The van der Waals surface area contributed by atoms with E-state index in [0.717, 1.165) is 17.2 Å². The first-order valence-electron chi connectivity index (χ1n) is 8.52. The summed E-state index contributed by atoms with van der Waals surface area (Å²) < 4.78 is 13.4. The Bertz CT molecular complexity index is 890. The molecule has 0 heterocycles. The van der Waals surface area contributed by atoms with Gasteiger partial charge in [0.25, 0.3) is 5.91 Å². The number of benzene rings is 3. The van der Waals surface area contributed by atoms with Crippen LogP contribution in [-0.4, -0.2) is 17.9 Å². The summed E-state index contributed by atoms with van der Waals surface area (Å²) in [6, 6.07) is 23.0. The molecule has 0 aliphatic carbocycles. The topological polar surface area (TPSA) is 72.2 Å². The van der Waals surface area contributed by atoms with E-state index in [9.17, 15) is 14.0 Å². The van der Waals surface area contributed by atoms with Crippen molar-refractivity contribution in [1.29, 1.82) is 0 Å². The predicted molar refractivity (Wildman–Crippen MR) is 102 cm³/mol. The first kappa shape index (κ1) is 18.3. The molecule has 0 fully saturated rings. The number of amides is 2. The zero-order valence-corrected chi connectivity index (χ0v) is 14.5. The molecule has 0 aromatic heterocycles. The van der Waals surface area contributed by atoms with Crippen LogP contribution in [0.2, 0.25) is 0 Å². The number of carbonyl (C=O) groups excluding carboxylic acids is 2. The van der Waals surface area contributed by atoms with E-state index in [-0.39, 0.29) is 5.56 Å². The fourth-order valence-electron chi connectivity index (χ4n) is 3.07. The van der Waals surface area contributed by atoms with Gasteiger partial charge in [0.2, 0.25) is 5.91 Å². The number of primary amides is 1. The number of nitrogens with two attached hydrogens (primary N) is 1. The predicted octanol–water partition coefficient (Wildman–Crippen LogP) is 3.24. The molecule has 0 spiro atoms. The van der Waals surface area contributed by atoms with Crippen LogP contribution in [-0.2, 0) is 4.79 Å². The van der Waals surface area contributed by atoms with Gasteiger partial charge in [-0.1, -0.05) is 66.7 Å². The van der Waals surface area contributed by atoms with Crippen LogP contribution in [0.15, 0.2) is 84.9 Å². The quantitative estimate of drug-likeness (QED) is 0.707. The molecule has 0 aliphatic rings. The minimum Gasteiger partial charge on any atom is -0.368 e. The van der Waals surface area contributed by atoms with E-state index >= 15 is 0 Å². The van der Waals surface area contributed by atoms with Gasteiger partial charge in [0.1, 0.15) is 11.9 Å². The van der Waals surface area contributed by atoms with Gasteiger partial charge in [0.05, 0.1) is 0 Å². The Morgan fingerprint density at radius 1 is 0.815 bits per heavy atom. The fraction of sp³-hybridized carbons (Fsp3) is 0.0909. The van der Waals surface area contributed by atoms with Crippen LogP contribution < -0.4 is 11.1 Å². The number of hydrogen-bond acceptors (Lipinski definition) is 2. The van der Waals surface area contributed by atoms with Crippen molar-refractivity contribution < 1.29 is 14.0 Å². The van der Waals surface area contributed by atoms with Gasteiger partial charge in [-0.2, -0.15) is 0 Å². The standard InChI is InChI=1S/C22H19FN2O2/c23-18-13-7-12-17(14-18)22(27)25-20(21(24)26)19(15-8-3-1-4-9-15)16-10-5-2-6-11-16/h1-14,19-20H,(H2,24,26)(H,25,27)/t20-/m0/s1. The lowest BCUT2D eigenvalue weighted by molar-refractivity contribution is -0.120. The van der Waals surface area contributed by atoms with E-state index in [1.807, 2.05) is 60.7 Å². The maximum absolute atomic E-state index is 13.4. The second-order valence-corrected chi connectivity index (χ2v) is 6.16. The maximum atomic E-state index is 13.4. The van der Waals surface area contributed by atoms with Gasteiger partial charge >= 0.3 is 0 Å². The van der Waals surface area contributed by atoms with Crippen molar-refractivity contribution in [1.82, 2.24) is 5.32 Å². The van der Waals surface area contributed by atoms with E-state index in [1.54, 1.807) is 0 Å². The van der Waals surface area contributed by atoms with Gasteiger partial charge in [-0.25, -0.2) is 4.39 Å². The lowest BCUT2D eigenvalue weighted by Crippen LogP contribution is -2.48. The second kappa shape index (κ2) is 8.27. The minimum atomic E-state index is -0.995. The van der Waals surface area contributed by atoms with Crippen molar-refractivity contribution in [3.63, 3.8) is 0 Å². The molecular weight excluding hydrogens is 343 g/mol. The summed E-state index contributed by atoms with van der Waals surface area (Å²) in [4.78, 5) is 24.8. The van der Waals surface area contributed by atoms with Gasteiger partial charge in [0.15, 0.2) is 0 Å². The van der Waals surface area contributed by atoms with Crippen molar-refractivity contribution in [3.05, 3.63) is 107 Å². The number of halogens is 1. The zero-order chi connectivity index (χ0) is 19.2. The SMILES string of the molecule is NC(=O)[C@@H](NC(=O)c1cccc(F)c1)C(c1ccccc1)c1ccccc1. The largest absolute Gasteiger partial charge is 0.368 e. The Balaban J connectivity index is 1.99. The molecule has 3 N–H and O–H groups in total. The summed E-state index contributed by atoms with van der Waals surface area (Å²) in [5.41, 5.74) is 7.45. The molecule has 5 heteroatoms. The van der Waals surface area contributed by atoms with E-state index < -0.39 is 29.6 Å². The van der Waals surface area contributed by atoms with E-state index in [0.29, 0.717) is 0 Å². The van der Waals surface area contributed by atoms with Crippen molar-refractivity contribution in [2.24, 2.45) is 5.73 Å². The molecule has 2 amide bonds. The highest BCUT2D eigenvalue weighted by Crippen LogP contribution is 2.28. The van der Waals surface area contributed by atoms with Crippen molar-refractivity contribution >= 4 is 11.8 Å². The third-order valence-corrected chi connectivity index (χ3v) is 4.33. The lowest BCUT2D eigenvalue weighted by atomic mass is 9.84. The number of nitrogens with one attached hydrogen (secondary N) is 1. The normalized spacial score (nSPS) is 11.8. The Labute approximate surface area is 156 Å². The molecule has 0 radical (unpaired) electrons. The summed E-state index contributed by atoms with van der Waals surface area (Å²) in [5.74, 6) is -2.23. The molecule has 0 saturated carbocycles. The van der Waals surface area contributed by atoms with Crippen molar-refractivity contribution in [3.8, 4) is 0 Å². The molecule has 0 saturated heterocycles. The summed E-state index contributed by atoms with van der Waals surface area (Å²) in [6.07, 6.45) is 0. The molecule has 0 unspecified atom stereocenters. The van der Waals surface area contributed by atoms with Gasteiger partial charge in [-0.05, 0) is 29.3 Å². The molecule has 0 aliphatic heterocycles. The van der Waals surface area contributed by atoms with E-state index in [2.05, 4.69) is 5.32 Å². The van der Waals surface area contributed by atoms with Gasteiger partial charge < -0.3 is 11.1 Å².